The molecule has 2 N–H and O–H groups in total. The number of hydrogen-bond donors (Lipinski definition) is 2. The van der Waals surface area contributed by atoms with Gasteiger partial charge in [-0.1, -0.05) is 25.1 Å². The first-order chi connectivity index (χ1) is 10.1. The second kappa shape index (κ2) is 7.40. The highest BCUT2D eigenvalue weighted by molar-refractivity contribution is 7.89. The van der Waals surface area contributed by atoms with Crippen LogP contribution in [-0.2, 0) is 23.0 Å². The molecule has 0 saturated heterocycles. The summed E-state index contributed by atoms with van der Waals surface area (Å²) in [6, 6.07) is 10.6. The number of hydrogen-bond acceptors (Lipinski definition) is 4. The lowest BCUT2D eigenvalue weighted by Crippen LogP contribution is -2.27. The standard InChI is InChI=1S/C15H20N2O3S/c1-2-16-12-13-6-3-4-8-15(13)21(18,19)17-10-9-14-7-5-11-20-14/h3-8,11,16-17H,2,9-10,12H2,1H3. The molecule has 1 aromatic carbocycles. The molecular weight excluding hydrogens is 288 g/mol. The van der Waals surface area contributed by atoms with Gasteiger partial charge in [-0.3, -0.25) is 0 Å². The summed E-state index contributed by atoms with van der Waals surface area (Å²) in [6.45, 7) is 3.62. The van der Waals surface area contributed by atoms with Crippen molar-refractivity contribution in [1.29, 1.82) is 0 Å². The molecule has 5 nitrogen and oxygen atoms in total. The molecule has 114 valence electrons. The van der Waals surface area contributed by atoms with E-state index in [0.717, 1.165) is 17.9 Å². The van der Waals surface area contributed by atoms with Crippen molar-refractivity contribution >= 4 is 10.0 Å². The van der Waals surface area contributed by atoms with Gasteiger partial charge in [-0.15, -0.1) is 0 Å². The molecule has 0 amide bonds. The summed E-state index contributed by atoms with van der Waals surface area (Å²) >= 11 is 0. The van der Waals surface area contributed by atoms with Gasteiger partial charge in [-0.2, -0.15) is 0 Å². The molecule has 0 atom stereocenters. The molecule has 0 aliphatic carbocycles. The van der Waals surface area contributed by atoms with Gasteiger partial charge in [0.1, 0.15) is 5.76 Å². The van der Waals surface area contributed by atoms with Crippen LogP contribution in [0.4, 0.5) is 0 Å². The zero-order valence-electron chi connectivity index (χ0n) is 12.0. The fourth-order valence-electron chi connectivity index (χ4n) is 2.01. The third-order valence-corrected chi connectivity index (χ3v) is 4.63. The number of benzene rings is 1. The second-order valence-corrected chi connectivity index (χ2v) is 6.35. The Bertz CT molecular complexity index is 651. The van der Waals surface area contributed by atoms with Crippen LogP contribution in [0.15, 0.2) is 52.0 Å². The first kappa shape index (κ1) is 15.8. The van der Waals surface area contributed by atoms with Crippen molar-refractivity contribution in [2.24, 2.45) is 0 Å². The lowest BCUT2D eigenvalue weighted by atomic mass is 10.2. The van der Waals surface area contributed by atoms with Crippen molar-refractivity contribution < 1.29 is 12.8 Å². The van der Waals surface area contributed by atoms with Crippen LogP contribution in [0.25, 0.3) is 0 Å². The van der Waals surface area contributed by atoms with Crippen molar-refractivity contribution in [3.05, 3.63) is 54.0 Å². The molecule has 1 aromatic heterocycles. The average Bonchev–Trinajstić information content (AvgIpc) is 2.98. The lowest BCUT2D eigenvalue weighted by Gasteiger charge is -2.11. The van der Waals surface area contributed by atoms with Gasteiger partial charge in [-0.05, 0) is 30.3 Å². The Morgan fingerprint density at radius 1 is 1.14 bits per heavy atom. The molecule has 0 unspecified atom stereocenters. The van der Waals surface area contributed by atoms with Gasteiger partial charge >= 0.3 is 0 Å². The predicted molar refractivity (Wildman–Crippen MR) is 81.4 cm³/mol. The molecule has 0 fully saturated rings. The van der Waals surface area contributed by atoms with Gasteiger partial charge in [0.25, 0.3) is 0 Å². The van der Waals surface area contributed by atoms with Gasteiger partial charge in [0.05, 0.1) is 11.2 Å². The summed E-state index contributed by atoms with van der Waals surface area (Å²) < 4.78 is 32.6. The summed E-state index contributed by atoms with van der Waals surface area (Å²) in [4.78, 5) is 0.324. The molecule has 0 saturated carbocycles. The first-order valence-corrected chi connectivity index (χ1v) is 8.42. The van der Waals surface area contributed by atoms with Gasteiger partial charge in [-0.25, -0.2) is 13.1 Å². The highest BCUT2D eigenvalue weighted by atomic mass is 32.2. The highest BCUT2D eigenvalue weighted by Gasteiger charge is 2.17. The third kappa shape index (κ3) is 4.42. The fourth-order valence-corrected chi connectivity index (χ4v) is 3.28. The number of nitrogens with one attached hydrogen (secondary N) is 2. The van der Waals surface area contributed by atoms with E-state index >= 15 is 0 Å². The molecule has 6 heteroatoms. The molecular formula is C15H20N2O3S. The Balaban J connectivity index is 2.04. The molecule has 21 heavy (non-hydrogen) atoms. The fraction of sp³-hybridized carbons (Fsp3) is 0.333. The minimum absolute atomic E-state index is 0.311. The van der Waals surface area contributed by atoms with E-state index in [2.05, 4.69) is 10.0 Å². The average molecular weight is 308 g/mol. The van der Waals surface area contributed by atoms with Gasteiger partial charge in [0.2, 0.25) is 10.0 Å². The Morgan fingerprint density at radius 3 is 2.67 bits per heavy atom. The van der Waals surface area contributed by atoms with Gasteiger partial charge < -0.3 is 9.73 Å². The quantitative estimate of drug-likeness (QED) is 0.781. The topological polar surface area (TPSA) is 71.3 Å². The maximum atomic E-state index is 12.4. The van der Waals surface area contributed by atoms with Crippen molar-refractivity contribution in [1.82, 2.24) is 10.0 Å². The number of sulfonamides is 1. The van der Waals surface area contributed by atoms with Crippen LogP contribution in [0.2, 0.25) is 0 Å². The van der Waals surface area contributed by atoms with E-state index in [9.17, 15) is 8.42 Å². The molecule has 1 heterocycles. The second-order valence-electron chi connectivity index (χ2n) is 4.62. The van der Waals surface area contributed by atoms with Crippen LogP contribution >= 0.6 is 0 Å². The Hall–Kier alpha value is -1.63. The molecule has 0 aliphatic heterocycles. The zero-order valence-corrected chi connectivity index (χ0v) is 12.8. The van der Waals surface area contributed by atoms with E-state index in [0.29, 0.717) is 24.4 Å². The minimum Gasteiger partial charge on any atom is -0.469 e. The summed E-state index contributed by atoms with van der Waals surface area (Å²) in [5.74, 6) is 0.763. The van der Waals surface area contributed by atoms with Crippen molar-refractivity contribution in [2.75, 3.05) is 13.1 Å². The Labute approximate surface area is 125 Å². The molecule has 0 radical (unpaired) electrons. The first-order valence-electron chi connectivity index (χ1n) is 6.94. The van der Waals surface area contributed by atoms with E-state index in [1.807, 2.05) is 25.1 Å². The highest BCUT2D eigenvalue weighted by Crippen LogP contribution is 2.15. The number of rotatable bonds is 8. The third-order valence-electron chi connectivity index (χ3n) is 3.07. The summed E-state index contributed by atoms with van der Waals surface area (Å²) in [5, 5.41) is 3.15. The zero-order chi connectivity index (χ0) is 15.1. The van der Waals surface area contributed by atoms with Crippen molar-refractivity contribution in [3.8, 4) is 0 Å². The van der Waals surface area contributed by atoms with Crippen LogP contribution in [0.5, 0.6) is 0 Å². The Morgan fingerprint density at radius 2 is 1.95 bits per heavy atom. The van der Waals surface area contributed by atoms with Gasteiger partial charge in [0.15, 0.2) is 0 Å². The Kier molecular flexibility index (Phi) is 5.55. The monoisotopic (exact) mass is 308 g/mol. The molecule has 0 spiro atoms. The molecule has 2 rings (SSSR count). The molecule has 0 bridgehead atoms. The predicted octanol–water partition coefficient (Wildman–Crippen LogP) is 1.91. The van der Waals surface area contributed by atoms with Gasteiger partial charge in [0, 0.05) is 19.5 Å². The molecule has 2 aromatic rings. The summed E-state index contributed by atoms with van der Waals surface area (Å²) in [6.07, 6.45) is 2.11. The summed E-state index contributed by atoms with van der Waals surface area (Å²) in [5.41, 5.74) is 0.768. The van der Waals surface area contributed by atoms with Crippen LogP contribution in [-0.4, -0.2) is 21.5 Å². The van der Waals surface area contributed by atoms with Crippen LogP contribution in [0, 0.1) is 0 Å². The van der Waals surface area contributed by atoms with Crippen LogP contribution in [0.3, 0.4) is 0 Å². The van der Waals surface area contributed by atoms with E-state index < -0.39 is 10.0 Å². The normalized spacial score (nSPS) is 11.7. The van der Waals surface area contributed by atoms with E-state index in [4.69, 9.17) is 4.42 Å². The largest absolute Gasteiger partial charge is 0.469 e. The lowest BCUT2D eigenvalue weighted by molar-refractivity contribution is 0.505. The van der Waals surface area contributed by atoms with Crippen LogP contribution in [0.1, 0.15) is 18.2 Å². The van der Waals surface area contributed by atoms with Crippen LogP contribution < -0.4 is 10.0 Å². The maximum absolute atomic E-state index is 12.4. The molecule has 0 aliphatic rings. The van der Waals surface area contributed by atoms with E-state index in [1.165, 1.54) is 0 Å². The summed E-state index contributed by atoms with van der Waals surface area (Å²) in [7, 11) is -3.51. The smallest absolute Gasteiger partial charge is 0.240 e. The van der Waals surface area contributed by atoms with Crippen molar-refractivity contribution in [3.63, 3.8) is 0 Å². The number of furan rings is 1. The minimum atomic E-state index is -3.51. The SMILES string of the molecule is CCNCc1ccccc1S(=O)(=O)NCCc1ccco1. The van der Waals surface area contributed by atoms with E-state index in [-0.39, 0.29) is 0 Å². The van der Waals surface area contributed by atoms with Crippen molar-refractivity contribution in [2.45, 2.75) is 24.8 Å². The van der Waals surface area contributed by atoms with E-state index in [1.54, 1.807) is 24.5 Å². The maximum Gasteiger partial charge on any atom is 0.240 e.